The first-order chi connectivity index (χ1) is 11.2. The number of nitro groups is 1. The summed E-state index contributed by atoms with van der Waals surface area (Å²) in [6.07, 6.45) is 0. The summed E-state index contributed by atoms with van der Waals surface area (Å²) >= 11 is 0. The zero-order valence-corrected chi connectivity index (χ0v) is 15.0. The monoisotopic (exact) mass is 390 g/mol. The average molecular weight is 391 g/mol. The molecule has 0 saturated carbocycles. The van der Waals surface area contributed by atoms with E-state index in [0.717, 1.165) is 31.9 Å². The summed E-state index contributed by atoms with van der Waals surface area (Å²) in [7, 11) is 0. The van der Waals surface area contributed by atoms with Gasteiger partial charge in [0.15, 0.2) is 5.82 Å². The Morgan fingerprint density at radius 1 is 1.24 bits per heavy atom. The Morgan fingerprint density at radius 3 is 2.56 bits per heavy atom. The first-order valence-corrected chi connectivity index (χ1v) is 7.39. The number of nitrogens with zero attached hydrogens (tertiary/aromatic N) is 5. The van der Waals surface area contributed by atoms with E-state index in [1.807, 2.05) is 6.07 Å². The van der Waals surface area contributed by atoms with Crippen molar-refractivity contribution in [2.24, 2.45) is 5.73 Å². The fourth-order valence-corrected chi connectivity index (χ4v) is 2.60. The predicted octanol–water partition coefficient (Wildman–Crippen LogP) is 1.60. The summed E-state index contributed by atoms with van der Waals surface area (Å²) in [5.74, 6) is 1.07. The first kappa shape index (κ1) is 21.1. The number of anilines is 1. The summed E-state index contributed by atoms with van der Waals surface area (Å²) in [5, 5.41) is 14.8. The van der Waals surface area contributed by atoms with Crippen LogP contribution < -0.4 is 10.6 Å². The third-order valence-corrected chi connectivity index (χ3v) is 3.83. The lowest BCUT2D eigenvalue weighted by molar-refractivity contribution is -0.384. The first-order valence-electron chi connectivity index (χ1n) is 7.39. The Balaban J connectivity index is 0.00000156. The van der Waals surface area contributed by atoms with Gasteiger partial charge in [-0.3, -0.25) is 15.0 Å². The minimum absolute atomic E-state index is 0. The molecule has 2 N–H and O–H groups in total. The van der Waals surface area contributed by atoms with Gasteiger partial charge in [-0.15, -0.1) is 24.8 Å². The van der Waals surface area contributed by atoms with Gasteiger partial charge in [0.25, 0.3) is 5.69 Å². The maximum absolute atomic E-state index is 10.9. The number of piperazine rings is 1. The molecule has 138 valence electrons. The molecule has 0 radical (unpaired) electrons. The molecule has 1 saturated heterocycles. The van der Waals surface area contributed by atoms with Crippen LogP contribution in [0.25, 0.3) is 0 Å². The van der Waals surface area contributed by atoms with E-state index in [9.17, 15) is 10.1 Å². The second-order valence-corrected chi connectivity index (χ2v) is 5.35. The number of non-ortho nitro benzene ring substituents is 1. The van der Waals surface area contributed by atoms with Gasteiger partial charge >= 0.3 is 0 Å². The molecular formula is C14H20Cl2N6O3. The van der Waals surface area contributed by atoms with Crippen LogP contribution in [0.3, 0.4) is 0 Å². The molecule has 11 heteroatoms. The van der Waals surface area contributed by atoms with Gasteiger partial charge in [0.1, 0.15) is 0 Å². The Kier molecular flexibility index (Phi) is 8.04. The molecule has 1 aliphatic rings. The molecule has 0 spiro atoms. The molecule has 9 nitrogen and oxygen atoms in total. The highest BCUT2D eigenvalue weighted by atomic mass is 35.5. The number of hydrogen-bond donors (Lipinski definition) is 1. The van der Waals surface area contributed by atoms with Gasteiger partial charge in [-0.2, -0.15) is 4.98 Å². The van der Waals surface area contributed by atoms with Crippen molar-refractivity contribution < 1.29 is 9.45 Å². The molecular weight excluding hydrogens is 371 g/mol. The molecule has 1 aromatic heterocycles. The van der Waals surface area contributed by atoms with Gasteiger partial charge in [0, 0.05) is 44.0 Å². The number of nitro benzene ring substituents is 1. The van der Waals surface area contributed by atoms with E-state index < -0.39 is 0 Å². The molecule has 1 fully saturated rings. The van der Waals surface area contributed by atoms with Crippen molar-refractivity contribution in [1.82, 2.24) is 15.0 Å². The van der Waals surface area contributed by atoms with Crippen molar-refractivity contribution in [2.75, 3.05) is 31.1 Å². The normalized spacial score (nSPS) is 14.5. The highest BCUT2D eigenvalue weighted by Gasteiger charge is 2.20. The molecule has 0 atom stereocenters. The van der Waals surface area contributed by atoms with E-state index in [4.69, 9.17) is 10.3 Å². The fraction of sp³-hybridized carbons (Fsp3) is 0.429. The zero-order chi connectivity index (χ0) is 16.2. The van der Waals surface area contributed by atoms with E-state index in [-0.39, 0.29) is 42.0 Å². The third kappa shape index (κ3) is 5.27. The molecule has 1 aliphatic heterocycles. The maximum Gasteiger partial charge on any atom is 0.271 e. The van der Waals surface area contributed by atoms with Crippen LogP contribution >= 0.6 is 24.8 Å². The summed E-state index contributed by atoms with van der Waals surface area (Å²) in [4.78, 5) is 19.1. The Hall–Kier alpha value is -1.94. The molecule has 0 unspecified atom stereocenters. The summed E-state index contributed by atoms with van der Waals surface area (Å²) in [6.45, 7) is 4.11. The van der Waals surface area contributed by atoms with Gasteiger partial charge in [0.2, 0.25) is 5.89 Å². The predicted molar refractivity (Wildman–Crippen MR) is 97.3 cm³/mol. The Morgan fingerprint density at radius 2 is 1.96 bits per heavy atom. The lowest BCUT2D eigenvalue weighted by Gasteiger charge is -2.35. The molecule has 0 bridgehead atoms. The Labute approximate surface area is 157 Å². The number of rotatable bonds is 5. The standard InChI is InChI=1S/C14H18N6O3.2ClH/c15-9-14-16-13(17-23-14)10-18-4-6-19(7-5-18)11-2-1-3-12(8-11)20(21)22;;/h1-3,8H,4-7,9-10,15H2;2*1H. The molecule has 2 heterocycles. The highest BCUT2D eigenvalue weighted by Crippen LogP contribution is 2.22. The van der Waals surface area contributed by atoms with E-state index in [0.29, 0.717) is 18.3 Å². The molecule has 2 aromatic rings. The average Bonchev–Trinajstić information content (AvgIpc) is 3.03. The van der Waals surface area contributed by atoms with Crippen molar-refractivity contribution in [1.29, 1.82) is 0 Å². The Bertz CT molecular complexity index is 691. The van der Waals surface area contributed by atoms with E-state index in [2.05, 4.69) is 19.9 Å². The lowest BCUT2D eigenvalue weighted by Crippen LogP contribution is -2.46. The van der Waals surface area contributed by atoms with Gasteiger partial charge in [0.05, 0.1) is 18.0 Å². The quantitative estimate of drug-likeness (QED) is 0.604. The van der Waals surface area contributed by atoms with Crippen LogP contribution in [0.2, 0.25) is 0 Å². The summed E-state index contributed by atoms with van der Waals surface area (Å²) in [6, 6.07) is 6.73. The molecule has 3 rings (SSSR count). The molecule has 1 aromatic carbocycles. The van der Waals surface area contributed by atoms with Crippen LogP contribution in [0.1, 0.15) is 11.7 Å². The third-order valence-electron chi connectivity index (χ3n) is 3.83. The minimum Gasteiger partial charge on any atom is -0.369 e. The topological polar surface area (TPSA) is 115 Å². The SMILES string of the molecule is Cl.Cl.NCc1nc(CN2CCN(c3cccc([N+](=O)[O-])c3)CC2)no1. The van der Waals surface area contributed by atoms with Crippen molar-refractivity contribution in [3.63, 3.8) is 0 Å². The molecule has 25 heavy (non-hydrogen) atoms. The number of benzene rings is 1. The largest absolute Gasteiger partial charge is 0.369 e. The van der Waals surface area contributed by atoms with Gasteiger partial charge in [-0.1, -0.05) is 11.2 Å². The van der Waals surface area contributed by atoms with Gasteiger partial charge in [-0.25, -0.2) is 0 Å². The van der Waals surface area contributed by atoms with Crippen LogP contribution in [0, 0.1) is 10.1 Å². The van der Waals surface area contributed by atoms with Crippen LogP contribution in [0.4, 0.5) is 11.4 Å². The van der Waals surface area contributed by atoms with Gasteiger partial charge in [-0.05, 0) is 6.07 Å². The number of halogens is 2. The number of nitrogens with two attached hydrogens (primary N) is 1. The smallest absolute Gasteiger partial charge is 0.271 e. The van der Waals surface area contributed by atoms with Gasteiger partial charge < -0.3 is 15.2 Å². The van der Waals surface area contributed by atoms with Crippen LogP contribution in [-0.4, -0.2) is 46.1 Å². The number of hydrogen-bond acceptors (Lipinski definition) is 8. The van der Waals surface area contributed by atoms with Crippen molar-refractivity contribution in [2.45, 2.75) is 13.1 Å². The maximum atomic E-state index is 10.9. The van der Waals surface area contributed by atoms with Crippen LogP contribution in [0.5, 0.6) is 0 Å². The number of aromatic nitrogens is 2. The minimum atomic E-state index is -0.370. The van der Waals surface area contributed by atoms with E-state index in [1.165, 1.54) is 6.07 Å². The van der Waals surface area contributed by atoms with Crippen LogP contribution in [0.15, 0.2) is 28.8 Å². The van der Waals surface area contributed by atoms with E-state index >= 15 is 0 Å². The molecule has 0 amide bonds. The zero-order valence-electron chi connectivity index (χ0n) is 13.4. The van der Waals surface area contributed by atoms with Crippen LogP contribution in [-0.2, 0) is 13.1 Å². The van der Waals surface area contributed by atoms with Crippen molar-refractivity contribution in [3.8, 4) is 0 Å². The van der Waals surface area contributed by atoms with Crippen molar-refractivity contribution >= 4 is 36.2 Å². The fourth-order valence-electron chi connectivity index (χ4n) is 2.60. The van der Waals surface area contributed by atoms with E-state index in [1.54, 1.807) is 12.1 Å². The summed E-state index contributed by atoms with van der Waals surface area (Å²) in [5.41, 5.74) is 6.44. The second kappa shape index (κ2) is 9.52. The second-order valence-electron chi connectivity index (χ2n) is 5.35. The highest BCUT2D eigenvalue weighted by molar-refractivity contribution is 5.85. The lowest BCUT2D eigenvalue weighted by atomic mass is 10.2. The summed E-state index contributed by atoms with van der Waals surface area (Å²) < 4.78 is 4.99. The van der Waals surface area contributed by atoms with Crippen molar-refractivity contribution in [3.05, 3.63) is 46.1 Å². The molecule has 0 aliphatic carbocycles.